The van der Waals surface area contributed by atoms with Gasteiger partial charge in [0, 0.05) is 6.54 Å². The summed E-state index contributed by atoms with van der Waals surface area (Å²) in [5.41, 5.74) is 1.41. The highest BCUT2D eigenvalue weighted by Gasteiger charge is 2.06. The zero-order valence-electron chi connectivity index (χ0n) is 10.9. The van der Waals surface area contributed by atoms with Crippen molar-refractivity contribution >= 4 is 18.1 Å². The van der Waals surface area contributed by atoms with Gasteiger partial charge in [-0.25, -0.2) is 9.59 Å². The molecule has 5 heteroatoms. The predicted molar refractivity (Wildman–Crippen MR) is 73.9 cm³/mol. The molecule has 0 spiro atoms. The van der Waals surface area contributed by atoms with Crippen molar-refractivity contribution in [1.29, 1.82) is 0 Å². The van der Waals surface area contributed by atoms with E-state index in [9.17, 15) is 9.59 Å². The van der Waals surface area contributed by atoms with Crippen molar-refractivity contribution in [3.63, 3.8) is 0 Å². The summed E-state index contributed by atoms with van der Waals surface area (Å²) < 4.78 is 5.02. The summed E-state index contributed by atoms with van der Waals surface area (Å²) >= 11 is 0. The van der Waals surface area contributed by atoms with Gasteiger partial charge >= 0.3 is 12.0 Å². The molecule has 19 heavy (non-hydrogen) atoms. The molecular formula is C14H18N2O3. The maximum absolute atomic E-state index is 11.6. The van der Waals surface area contributed by atoms with Crippen LogP contribution in [0.2, 0.25) is 0 Å². The zero-order valence-corrected chi connectivity index (χ0v) is 10.9. The average Bonchev–Trinajstić information content (AvgIpc) is 2.44. The smallest absolute Gasteiger partial charge is 0.338 e. The molecule has 0 aliphatic carbocycles. The molecule has 1 aromatic carbocycles. The number of hydrogen-bond donors (Lipinski definition) is 2. The lowest BCUT2D eigenvalue weighted by molar-refractivity contribution is 0.0510. The Balaban J connectivity index is 2.30. The molecule has 1 aromatic rings. The third kappa shape index (κ3) is 5.25. The Labute approximate surface area is 112 Å². The molecule has 2 N–H and O–H groups in total. The highest BCUT2D eigenvalue weighted by Crippen LogP contribution is 2.06. The largest absolute Gasteiger partial charge is 0.460 e. The summed E-state index contributed by atoms with van der Waals surface area (Å²) in [6, 6.07) is 6.66. The van der Waals surface area contributed by atoms with Gasteiger partial charge in [0.2, 0.25) is 0 Å². The minimum Gasteiger partial charge on any atom is -0.460 e. The van der Waals surface area contributed by atoms with E-state index in [1.807, 2.05) is 6.92 Å². The summed E-state index contributed by atoms with van der Waals surface area (Å²) in [7, 11) is 0. The molecule has 0 aromatic heterocycles. The van der Waals surface area contributed by atoms with Crippen molar-refractivity contribution in [2.75, 3.05) is 19.7 Å². The summed E-state index contributed by atoms with van der Waals surface area (Å²) in [5, 5.41) is 5.15. The van der Waals surface area contributed by atoms with Crippen molar-refractivity contribution in [2.24, 2.45) is 0 Å². The molecule has 0 atom stereocenters. The number of benzene rings is 1. The lowest BCUT2D eigenvalue weighted by Gasteiger charge is -2.07. The zero-order chi connectivity index (χ0) is 14.1. The second kappa shape index (κ2) is 7.92. The molecule has 0 heterocycles. The standard InChI is InChI=1S/C14H18N2O3/c1-3-11-5-7-12(8-6-11)13(17)19-10-9-16-14(18)15-4-2/h3,5-8H,1,4,9-10H2,2H3,(H2,15,16,18). The lowest BCUT2D eigenvalue weighted by Crippen LogP contribution is -2.37. The number of carbonyl (C=O) groups is 2. The molecule has 2 amide bonds. The van der Waals surface area contributed by atoms with E-state index in [4.69, 9.17) is 4.74 Å². The third-order valence-corrected chi connectivity index (χ3v) is 2.34. The van der Waals surface area contributed by atoms with Crippen LogP contribution < -0.4 is 10.6 Å². The van der Waals surface area contributed by atoms with Gasteiger partial charge in [-0.3, -0.25) is 0 Å². The first-order chi connectivity index (χ1) is 9.17. The lowest BCUT2D eigenvalue weighted by atomic mass is 10.1. The highest BCUT2D eigenvalue weighted by molar-refractivity contribution is 5.89. The summed E-state index contributed by atoms with van der Waals surface area (Å²) in [6.45, 7) is 6.44. The second-order valence-electron chi connectivity index (χ2n) is 3.75. The van der Waals surface area contributed by atoms with Crippen LogP contribution in [0.25, 0.3) is 6.08 Å². The van der Waals surface area contributed by atoms with Crippen molar-refractivity contribution in [2.45, 2.75) is 6.92 Å². The first kappa shape index (κ1) is 14.8. The van der Waals surface area contributed by atoms with E-state index >= 15 is 0 Å². The van der Waals surface area contributed by atoms with Gasteiger partial charge in [0.05, 0.1) is 12.1 Å². The van der Waals surface area contributed by atoms with E-state index in [-0.39, 0.29) is 19.2 Å². The van der Waals surface area contributed by atoms with Gasteiger partial charge in [-0.2, -0.15) is 0 Å². The maximum Gasteiger partial charge on any atom is 0.338 e. The molecule has 1 rings (SSSR count). The first-order valence-corrected chi connectivity index (χ1v) is 6.08. The minimum absolute atomic E-state index is 0.138. The van der Waals surface area contributed by atoms with Gasteiger partial charge in [-0.15, -0.1) is 0 Å². The van der Waals surface area contributed by atoms with E-state index in [0.717, 1.165) is 5.56 Å². The SMILES string of the molecule is C=Cc1ccc(C(=O)OCCNC(=O)NCC)cc1. The molecule has 5 nitrogen and oxygen atoms in total. The van der Waals surface area contributed by atoms with Crippen LogP contribution in [0.4, 0.5) is 4.79 Å². The highest BCUT2D eigenvalue weighted by atomic mass is 16.5. The molecule has 0 unspecified atom stereocenters. The van der Waals surface area contributed by atoms with E-state index in [1.54, 1.807) is 30.3 Å². The Morgan fingerprint density at radius 2 is 1.95 bits per heavy atom. The molecular weight excluding hydrogens is 244 g/mol. The maximum atomic E-state index is 11.6. The van der Waals surface area contributed by atoms with Crippen molar-refractivity contribution in [1.82, 2.24) is 10.6 Å². The molecule has 0 radical (unpaired) electrons. The van der Waals surface area contributed by atoms with Gasteiger partial charge in [0.25, 0.3) is 0 Å². The second-order valence-corrected chi connectivity index (χ2v) is 3.75. The molecule has 0 aliphatic rings. The first-order valence-electron chi connectivity index (χ1n) is 6.08. The average molecular weight is 262 g/mol. The summed E-state index contributed by atoms with van der Waals surface area (Å²) in [5.74, 6) is -0.409. The number of ether oxygens (including phenoxy) is 1. The number of nitrogens with one attached hydrogen (secondary N) is 2. The topological polar surface area (TPSA) is 67.4 Å². The number of hydrogen-bond acceptors (Lipinski definition) is 3. The van der Waals surface area contributed by atoms with Gasteiger partial charge in [-0.1, -0.05) is 24.8 Å². The Hall–Kier alpha value is -2.30. The fraction of sp³-hybridized carbons (Fsp3) is 0.286. The summed E-state index contributed by atoms with van der Waals surface area (Å²) in [6.07, 6.45) is 1.70. The molecule has 0 fully saturated rings. The van der Waals surface area contributed by atoms with Crippen molar-refractivity contribution in [3.8, 4) is 0 Å². The molecule has 0 saturated carbocycles. The van der Waals surface area contributed by atoms with E-state index < -0.39 is 5.97 Å². The Bertz CT molecular complexity index is 441. The van der Waals surface area contributed by atoms with Crippen molar-refractivity contribution in [3.05, 3.63) is 42.0 Å². The van der Waals surface area contributed by atoms with Crippen LogP contribution in [0.3, 0.4) is 0 Å². The van der Waals surface area contributed by atoms with Crippen LogP contribution in [0.15, 0.2) is 30.8 Å². The number of amides is 2. The van der Waals surface area contributed by atoms with Crippen LogP contribution in [0, 0.1) is 0 Å². The quantitative estimate of drug-likeness (QED) is 0.607. The predicted octanol–water partition coefficient (Wildman–Crippen LogP) is 1.81. The Kier molecular flexibility index (Phi) is 6.15. The van der Waals surface area contributed by atoms with E-state index in [0.29, 0.717) is 12.1 Å². The Morgan fingerprint density at radius 1 is 1.26 bits per heavy atom. The van der Waals surface area contributed by atoms with Gasteiger partial charge in [-0.05, 0) is 24.6 Å². The van der Waals surface area contributed by atoms with Crippen LogP contribution >= 0.6 is 0 Å². The molecule has 0 saturated heterocycles. The monoisotopic (exact) mass is 262 g/mol. The van der Waals surface area contributed by atoms with Gasteiger partial charge in [0.1, 0.15) is 6.61 Å². The van der Waals surface area contributed by atoms with Crippen LogP contribution in [0.1, 0.15) is 22.8 Å². The normalized spacial score (nSPS) is 9.53. The fourth-order valence-corrected chi connectivity index (χ4v) is 1.37. The van der Waals surface area contributed by atoms with E-state index in [1.165, 1.54) is 0 Å². The third-order valence-electron chi connectivity index (χ3n) is 2.34. The van der Waals surface area contributed by atoms with Crippen LogP contribution in [0.5, 0.6) is 0 Å². The number of esters is 1. The molecule has 0 aliphatic heterocycles. The van der Waals surface area contributed by atoms with E-state index in [2.05, 4.69) is 17.2 Å². The van der Waals surface area contributed by atoms with Crippen LogP contribution in [-0.2, 0) is 4.74 Å². The van der Waals surface area contributed by atoms with Crippen LogP contribution in [-0.4, -0.2) is 31.7 Å². The summed E-state index contributed by atoms with van der Waals surface area (Å²) in [4.78, 5) is 22.7. The van der Waals surface area contributed by atoms with Gasteiger partial charge in [0.15, 0.2) is 0 Å². The Morgan fingerprint density at radius 3 is 2.53 bits per heavy atom. The van der Waals surface area contributed by atoms with Gasteiger partial charge < -0.3 is 15.4 Å². The number of urea groups is 1. The number of rotatable bonds is 6. The molecule has 0 bridgehead atoms. The number of carbonyl (C=O) groups excluding carboxylic acids is 2. The van der Waals surface area contributed by atoms with Crippen molar-refractivity contribution < 1.29 is 14.3 Å². The minimum atomic E-state index is -0.409. The fourth-order valence-electron chi connectivity index (χ4n) is 1.37. The molecule has 102 valence electrons.